The molecule has 130 valence electrons. The van der Waals surface area contributed by atoms with Gasteiger partial charge in [-0.2, -0.15) is 0 Å². The molecule has 1 aliphatic rings. The van der Waals surface area contributed by atoms with Crippen LogP contribution < -0.4 is 9.47 Å². The lowest BCUT2D eigenvalue weighted by Crippen LogP contribution is -2.31. The molecule has 0 N–H and O–H groups in total. The molecule has 0 amide bonds. The van der Waals surface area contributed by atoms with Gasteiger partial charge in [-0.25, -0.2) is 0 Å². The van der Waals surface area contributed by atoms with Crippen LogP contribution in [0.15, 0.2) is 60.8 Å². The Morgan fingerprint density at radius 1 is 1.08 bits per heavy atom. The van der Waals surface area contributed by atoms with Crippen LogP contribution in [-0.4, -0.2) is 24.9 Å². The fourth-order valence-corrected chi connectivity index (χ4v) is 3.33. The van der Waals surface area contributed by atoms with Crippen molar-refractivity contribution in [2.45, 2.75) is 25.4 Å². The molecular formula is C21H23NO3. The van der Waals surface area contributed by atoms with Crippen molar-refractivity contribution in [3.63, 3.8) is 0 Å². The van der Waals surface area contributed by atoms with Crippen molar-refractivity contribution < 1.29 is 14.3 Å². The maximum Gasteiger partial charge on any atom is 0.159 e. The summed E-state index contributed by atoms with van der Waals surface area (Å²) in [5.74, 6) is 1.75. The fraction of sp³-hybridized carbons (Fsp3) is 0.286. The lowest BCUT2D eigenvalue weighted by atomic mass is 9.94. The summed E-state index contributed by atoms with van der Waals surface area (Å²) in [5, 5.41) is 0. The minimum atomic E-state index is 0.00427. The Hall–Kier alpha value is -2.75. The van der Waals surface area contributed by atoms with Crippen molar-refractivity contribution in [3.8, 4) is 11.5 Å². The molecule has 0 aromatic heterocycles. The van der Waals surface area contributed by atoms with Gasteiger partial charge in [-0.15, -0.1) is 0 Å². The van der Waals surface area contributed by atoms with Crippen molar-refractivity contribution in [1.82, 2.24) is 4.90 Å². The van der Waals surface area contributed by atoms with E-state index in [-0.39, 0.29) is 17.9 Å². The zero-order valence-corrected chi connectivity index (χ0v) is 14.8. The smallest absolute Gasteiger partial charge is 0.159 e. The van der Waals surface area contributed by atoms with E-state index in [9.17, 15) is 4.79 Å². The number of ketones is 1. The van der Waals surface area contributed by atoms with Crippen molar-refractivity contribution in [3.05, 3.63) is 71.9 Å². The Balaban J connectivity index is 2.00. The van der Waals surface area contributed by atoms with Crippen LogP contribution in [0, 0.1) is 0 Å². The van der Waals surface area contributed by atoms with E-state index in [1.54, 1.807) is 20.3 Å². The summed E-state index contributed by atoms with van der Waals surface area (Å²) >= 11 is 0. The molecular weight excluding hydrogens is 314 g/mol. The Bertz CT molecular complexity index is 770. The lowest BCUT2D eigenvalue weighted by Gasteiger charge is -2.38. The Labute approximate surface area is 148 Å². The van der Waals surface area contributed by atoms with Gasteiger partial charge in [0.2, 0.25) is 0 Å². The largest absolute Gasteiger partial charge is 0.497 e. The average Bonchev–Trinajstić information content (AvgIpc) is 2.67. The summed E-state index contributed by atoms with van der Waals surface area (Å²) in [5.41, 5.74) is 2.16. The van der Waals surface area contributed by atoms with Crippen LogP contribution in [0.5, 0.6) is 11.5 Å². The molecule has 3 rings (SSSR count). The van der Waals surface area contributed by atoms with Gasteiger partial charge in [0.1, 0.15) is 11.5 Å². The summed E-state index contributed by atoms with van der Waals surface area (Å²) in [6, 6.07) is 16.0. The van der Waals surface area contributed by atoms with E-state index >= 15 is 0 Å². The van der Waals surface area contributed by atoms with Crippen molar-refractivity contribution in [2.75, 3.05) is 14.2 Å². The van der Waals surface area contributed by atoms with Gasteiger partial charge in [0.25, 0.3) is 0 Å². The second-order valence-corrected chi connectivity index (χ2v) is 6.14. The zero-order chi connectivity index (χ0) is 17.8. The van der Waals surface area contributed by atoms with Crippen LogP contribution >= 0.6 is 0 Å². The Kier molecular flexibility index (Phi) is 5.08. The molecule has 1 heterocycles. The quantitative estimate of drug-likeness (QED) is 0.816. The first-order chi connectivity index (χ1) is 12.1. The minimum Gasteiger partial charge on any atom is -0.497 e. The third-order valence-corrected chi connectivity index (χ3v) is 4.71. The summed E-state index contributed by atoms with van der Waals surface area (Å²) in [7, 11) is 3.32. The Morgan fingerprint density at radius 2 is 1.84 bits per heavy atom. The van der Waals surface area contributed by atoms with E-state index in [1.807, 2.05) is 42.6 Å². The highest BCUT2D eigenvalue weighted by atomic mass is 16.5. The molecule has 0 radical (unpaired) electrons. The van der Waals surface area contributed by atoms with Gasteiger partial charge in [0, 0.05) is 18.2 Å². The number of carbonyl (C=O) groups excluding carboxylic acids is 1. The van der Waals surface area contributed by atoms with Crippen LogP contribution in [0.1, 0.15) is 36.6 Å². The van der Waals surface area contributed by atoms with Gasteiger partial charge in [0.15, 0.2) is 5.78 Å². The highest BCUT2D eigenvalue weighted by Gasteiger charge is 2.29. The van der Waals surface area contributed by atoms with Crippen molar-refractivity contribution in [1.29, 1.82) is 0 Å². The predicted molar refractivity (Wildman–Crippen MR) is 97.7 cm³/mol. The van der Waals surface area contributed by atoms with E-state index in [4.69, 9.17) is 9.47 Å². The molecule has 25 heavy (non-hydrogen) atoms. The molecule has 0 aliphatic carbocycles. The standard InChI is InChI=1S/C21H23NO3/c1-15(19-14-18(24-2)9-10-21(19)25-3)22-12-11-17(23)13-20(22)16-7-5-4-6-8-16/h4-12,14-15,20H,13H2,1-3H3/t15-,20+/m1/s1. The summed E-state index contributed by atoms with van der Waals surface area (Å²) in [4.78, 5) is 14.2. The molecule has 4 heteroatoms. The first-order valence-electron chi connectivity index (χ1n) is 8.39. The first-order valence-corrected chi connectivity index (χ1v) is 8.39. The number of benzene rings is 2. The van der Waals surface area contributed by atoms with Crippen LogP contribution in [-0.2, 0) is 4.79 Å². The fourth-order valence-electron chi connectivity index (χ4n) is 3.33. The summed E-state index contributed by atoms with van der Waals surface area (Å²) in [6.07, 6.45) is 4.02. The molecule has 1 aliphatic heterocycles. The van der Waals surface area contributed by atoms with Crippen LogP contribution in [0.3, 0.4) is 0 Å². The maximum absolute atomic E-state index is 12.0. The second kappa shape index (κ2) is 7.43. The van der Waals surface area contributed by atoms with Gasteiger partial charge in [0.05, 0.1) is 26.3 Å². The van der Waals surface area contributed by atoms with E-state index in [1.165, 1.54) is 0 Å². The van der Waals surface area contributed by atoms with Gasteiger partial charge in [-0.3, -0.25) is 4.79 Å². The molecule has 2 aromatic carbocycles. The van der Waals surface area contributed by atoms with Crippen molar-refractivity contribution >= 4 is 5.78 Å². The number of hydrogen-bond acceptors (Lipinski definition) is 4. The lowest BCUT2D eigenvalue weighted by molar-refractivity contribution is -0.116. The Morgan fingerprint density at radius 3 is 2.52 bits per heavy atom. The van der Waals surface area contributed by atoms with Gasteiger partial charge in [-0.1, -0.05) is 30.3 Å². The first kappa shape index (κ1) is 17.1. The molecule has 0 fully saturated rings. The minimum absolute atomic E-state index is 0.00427. The van der Waals surface area contributed by atoms with E-state index in [2.05, 4.69) is 24.0 Å². The topological polar surface area (TPSA) is 38.8 Å². The monoisotopic (exact) mass is 337 g/mol. The molecule has 0 bridgehead atoms. The normalized spacial score (nSPS) is 18.1. The van der Waals surface area contributed by atoms with Crippen molar-refractivity contribution in [2.24, 2.45) is 0 Å². The van der Waals surface area contributed by atoms with Crippen LogP contribution in [0.25, 0.3) is 0 Å². The number of rotatable bonds is 5. The highest BCUT2D eigenvalue weighted by Crippen LogP contribution is 2.39. The molecule has 0 unspecified atom stereocenters. The molecule has 4 nitrogen and oxygen atoms in total. The third-order valence-electron chi connectivity index (χ3n) is 4.71. The van der Waals surface area contributed by atoms with E-state index in [0.29, 0.717) is 6.42 Å². The van der Waals surface area contributed by atoms with Gasteiger partial charge >= 0.3 is 0 Å². The number of ether oxygens (including phenoxy) is 2. The zero-order valence-electron chi connectivity index (χ0n) is 14.8. The van der Waals surface area contributed by atoms with Gasteiger partial charge in [-0.05, 0) is 36.8 Å². The second-order valence-electron chi connectivity index (χ2n) is 6.14. The number of nitrogens with zero attached hydrogens (tertiary/aromatic N) is 1. The SMILES string of the molecule is COc1ccc(OC)c([C@@H](C)N2C=CC(=O)C[C@H]2c2ccccc2)c1. The summed E-state index contributed by atoms with van der Waals surface area (Å²) in [6.45, 7) is 2.12. The molecule has 2 aromatic rings. The summed E-state index contributed by atoms with van der Waals surface area (Å²) < 4.78 is 10.9. The molecule has 0 saturated heterocycles. The van der Waals surface area contributed by atoms with Crippen LogP contribution in [0.2, 0.25) is 0 Å². The predicted octanol–water partition coefficient (Wildman–Crippen LogP) is 4.29. The maximum atomic E-state index is 12.0. The number of carbonyl (C=O) groups is 1. The van der Waals surface area contributed by atoms with E-state index < -0.39 is 0 Å². The number of allylic oxidation sites excluding steroid dienone is 1. The molecule has 0 spiro atoms. The third kappa shape index (κ3) is 3.53. The number of methoxy groups -OCH3 is 2. The highest BCUT2D eigenvalue weighted by molar-refractivity contribution is 5.91. The molecule has 0 saturated carbocycles. The average molecular weight is 337 g/mol. The molecule has 2 atom stereocenters. The number of hydrogen-bond donors (Lipinski definition) is 0. The van der Waals surface area contributed by atoms with E-state index in [0.717, 1.165) is 22.6 Å². The van der Waals surface area contributed by atoms with Gasteiger partial charge < -0.3 is 14.4 Å². The van der Waals surface area contributed by atoms with Crippen LogP contribution in [0.4, 0.5) is 0 Å².